The van der Waals surface area contributed by atoms with Crippen molar-refractivity contribution in [1.29, 1.82) is 0 Å². The number of halogens is 1. The van der Waals surface area contributed by atoms with E-state index in [0.29, 0.717) is 31.4 Å². The third kappa shape index (κ3) is 9.23. The Morgan fingerprint density at radius 1 is 1.07 bits per heavy atom. The van der Waals surface area contributed by atoms with Gasteiger partial charge in [-0.2, -0.15) is 0 Å². The smallest absolute Gasteiger partial charge is 0.251 e. The van der Waals surface area contributed by atoms with Crippen LogP contribution in [0.4, 0.5) is 0 Å². The molecule has 1 aromatic carbocycles. The van der Waals surface area contributed by atoms with Gasteiger partial charge in [0, 0.05) is 32.2 Å². The molecule has 158 valence electrons. The average Bonchev–Trinajstić information content (AvgIpc) is 2.97. The molecule has 1 amide bonds. The number of hydrogen-bond acceptors (Lipinski definition) is 3. The van der Waals surface area contributed by atoms with Gasteiger partial charge in [0.25, 0.3) is 5.91 Å². The lowest BCUT2D eigenvalue weighted by Crippen LogP contribution is -2.38. The zero-order chi connectivity index (χ0) is 19.3. The number of rotatable bonds is 8. The van der Waals surface area contributed by atoms with Gasteiger partial charge in [-0.1, -0.05) is 37.8 Å². The van der Waals surface area contributed by atoms with Gasteiger partial charge < -0.3 is 20.7 Å². The van der Waals surface area contributed by atoms with Crippen molar-refractivity contribution in [1.82, 2.24) is 16.0 Å². The van der Waals surface area contributed by atoms with E-state index in [4.69, 9.17) is 4.74 Å². The second-order valence-electron chi connectivity index (χ2n) is 6.89. The molecule has 0 bridgehead atoms. The van der Waals surface area contributed by atoms with Crippen LogP contribution in [0.5, 0.6) is 0 Å². The maximum absolute atomic E-state index is 11.8. The summed E-state index contributed by atoms with van der Waals surface area (Å²) in [5.74, 6) is 0.718. The van der Waals surface area contributed by atoms with Gasteiger partial charge in [0.2, 0.25) is 0 Å². The fourth-order valence-electron chi connectivity index (χ4n) is 3.25. The molecule has 0 spiro atoms. The van der Waals surface area contributed by atoms with Crippen LogP contribution < -0.4 is 16.0 Å². The van der Waals surface area contributed by atoms with Crippen molar-refractivity contribution >= 4 is 35.8 Å². The van der Waals surface area contributed by atoms with E-state index in [0.717, 1.165) is 18.1 Å². The van der Waals surface area contributed by atoms with E-state index >= 15 is 0 Å². The molecule has 3 N–H and O–H groups in total. The quantitative estimate of drug-likeness (QED) is 0.167. The number of guanidine groups is 1. The second-order valence-corrected chi connectivity index (χ2v) is 6.89. The van der Waals surface area contributed by atoms with Crippen LogP contribution in [0.15, 0.2) is 29.3 Å². The highest BCUT2D eigenvalue weighted by Gasteiger charge is 2.12. The zero-order valence-corrected chi connectivity index (χ0v) is 19.5. The minimum Gasteiger partial charge on any atom is -0.376 e. The largest absolute Gasteiger partial charge is 0.376 e. The van der Waals surface area contributed by atoms with Crippen LogP contribution in [-0.4, -0.2) is 44.7 Å². The van der Waals surface area contributed by atoms with Crippen molar-refractivity contribution in [3.8, 4) is 0 Å². The zero-order valence-electron chi connectivity index (χ0n) is 17.1. The fraction of sp³-hybridized carbons (Fsp3) is 0.619. The molecule has 2 rings (SSSR count). The average molecular weight is 502 g/mol. The summed E-state index contributed by atoms with van der Waals surface area (Å²) < 4.78 is 5.99. The molecule has 1 fully saturated rings. The molecule has 0 aliphatic heterocycles. The molecule has 0 radical (unpaired) electrons. The maximum atomic E-state index is 11.8. The van der Waals surface area contributed by atoms with Crippen LogP contribution in [-0.2, 0) is 11.3 Å². The molecule has 0 aromatic heterocycles. The first kappa shape index (κ1) is 24.7. The monoisotopic (exact) mass is 502 g/mol. The molecule has 7 heteroatoms. The molecule has 0 unspecified atom stereocenters. The minimum absolute atomic E-state index is 0. The van der Waals surface area contributed by atoms with E-state index < -0.39 is 0 Å². The lowest BCUT2D eigenvalue weighted by Gasteiger charge is -2.17. The molecule has 1 aliphatic rings. The van der Waals surface area contributed by atoms with Gasteiger partial charge in [-0.25, -0.2) is 0 Å². The highest BCUT2D eigenvalue weighted by molar-refractivity contribution is 14.0. The van der Waals surface area contributed by atoms with Crippen LogP contribution in [0, 0.1) is 0 Å². The van der Waals surface area contributed by atoms with E-state index in [2.05, 4.69) is 20.9 Å². The predicted octanol–water partition coefficient (Wildman–Crippen LogP) is 3.46. The van der Waals surface area contributed by atoms with Gasteiger partial charge in [-0.15, -0.1) is 24.0 Å². The summed E-state index contributed by atoms with van der Waals surface area (Å²) in [6.45, 7) is 4.64. The van der Waals surface area contributed by atoms with Crippen molar-refractivity contribution in [2.24, 2.45) is 4.99 Å². The highest BCUT2D eigenvalue weighted by atomic mass is 127. The second kappa shape index (κ2) is 14.6. The van der Waals surface area contributed by atoms with Gasteiger partial charge >= 0.3 is 0 Å². The summed E-state index contributed by atoms with van der Waals surface area (Å²) in [7, 11) is 1.76. The summed E-state index contributed by atoms with van der Waals surface area (Å²) in [6.07, 6.45) is 8.09. The number of aliphatic imine (C=N–C) groups is 1. The summed E-state index contributed by atoms with van der Waals surface area (Å²) in [4.78, 5) is 16.0. The Bertz CT molecular complexity index is 585. The lowest BCUT2D eigenvalue weighted by atomic mass is 10.1. The number of nitrogens with zero attached hydrogens (tertiary/aromatic N) is 1. The third-order valence-electron chi connectivity index (χ3n) is 4.79. The molecule has 1 aromatic rings. The summed E-state index contributed by atoms with van der Waals surface area (Å²) in [5.41, 5.74) is 1.78. The van der Waals surface area contributed by atoms with Gasteiger partial charge in [-0.3, -0.25) is 9.79 Å². The Morgan fingerprint density at radius 3 is 2.36 bits per heavy atom. The topological polar surface area (TPSA) is 74.8 Å². The minimum atomic E-state index is -0.0387. The van der Waals surface area contributed by atoms with E-state index in [9.17, 15) is 4.79 Å². The predicted molar refractivity (Wildman–Crippen MR) is 126 cm³/mol. The standard InChI is InChI=1S/C21H34N4O2.HI/c1-3-23-20(26)18-12-10-17(11-13-18)16-25-21(22-2)24-14-15-27-19-8-6-4-5-7-9-19;/h10-13,19H,3-9,14-16H2,1-2H3,(H,23,26)(H2,22,24,25);1H. The normalized spacial score (nSPS) is 15.3. The van der Waals surface area contributed by atoms with Gasteiger partial charge in [-0.05, 0) is 37.5 Å². The summed E-state index contributed by atoms with van der Waals surface area (Å²) in [6, 6.07) is 7.61. The summed E-state index contributed by atoms with van der Waals surface area (Å²) in [5, 5.41) is 9.38. The van der Waals surface area contributed by atoms with Crippen molar-refractivity contribution in [3.63, 3.8) is 0 Å². The molecule has 0 saturated heterocycles. The molecule has 0 atom stereocenters. The van der Waals surface area contributed by atoms with Gasteiger partial charge in [0.15, 0.2) is 5.96 Å². The van der Waals surface area contributed by atoms with Crippen LogP contribution in [0.3, 0.4) is 0 Å². The van der Waals surface area contributed by atoms with E-state index in [-0.39, 0.29) is 29.9 Å². The van der Waals surface area contributed by atoms with Crippen molar-refractivity contribution in [3.05, 3.63) is 35.4 Å². The van der Waals surface area contributed by atoms with Gasteiger partial charge in [0.05, 0.1) is 12.7 Å². The maximum Gasteiger partial charge on any atom is 0.251 e. The number of nitrogens with one attached hydrogen (secondary N) is 3. The molecule has 6 nitrogen and oxygen atoms in total. The van der Waals surface area contributed by atoms with E-state index in [1.807, 2.05) is 31.2 Å². The lowest BCUT2D eigenvalue weighted by molar-refractivity contribution is 0.0468. The van der Waals surface area contributed by atoms with Crippen molar-refractivity contribution in [2.45, 2.75) is 58.1 Å². The van der Waals surface area contributed by atoms with E-state index in [1.54, 1.807) is 7.05 Å². The molecule has 28 heavy (non-hydrogen) atoms. The molecule has 1 aliphatic carbocycles. The van der Waals surface area contributed by atoms with Crippen LogP contribution >= 0.6 is 24.0 Å². The third-order valence-corrected chi connectivity index (χ3v) is 4.79. The summed E-state index contributed by atoms with van der Waals surface area (Å²) >= 11 is 0. The fourth-order valence-corrected chi connectivity index (χ4v) is 3.25. The van der Waals surface area contributed by atoms with Crippen LogP contribution in [0.25, 0.3) is 0 Å². The first-order chi connectivity index (χ1) is 13.2. The Balaban J connectivity index is 0.00000392. The first-order valence-electron chi connectivity index (χ1n) is 10.2. The highest BCUT2D eigenvalue weighted by Crippen LogP contribution is 2.19. The van der Waals surface area contributed by atoms with Crippen molar-refractivity contribution < 1.29 is 9.53 Å². The SMILES string of the molecule is CCNC(=O)c1ccc(CNC(=NC)NCCOC2CCCCCC2)cc1.I. The molecular formula is C21H35IN4O2. The number of hydrogen-bond donors (Lipinski definition) is 3. The Morgan fingerprint density at radius 2 is 1.75 bits per heavy atom. The number of carbonyl (C=O) groups is 1. The Labute approximate surface area is 186 Å². The first-order valence-corrected chi connectivity index (χ1v) is 10.2. The number of ether oxygens (including phenoxy) is 1. The van der Waals surface area contributed by atoms with Crippen LogP contribution in [0.1, 0.15) is 61.4 Å². The van der Waals surface area contributed by atoms with Gasteiger partial charge in [0.1, 0.15) is 0 Å². The number of benzene rings is 1. The number of carbonyl (C=O) groups excluding carboxylic acids is 1. The number of amides is 1. The van der Waals surface area contributed by atoms with Crippen LogP contribution in [0.2, 0.25) is 0 Å². The molecule has 0 heterocycles. The van der Waals surface area contributed by atoms with Crippen molar-refractivity contribution in [2.75, 3.05) is 26.7 Å². The Hall–Kier alpha value is -1.35. The molecule has 1 saturated carbocycles. The van der Waals surface area contributed by atoms with E-state index in [1.165, 1.54) is 38.5 Å². The Kier molecular flexibility index (Phi) is 12.9. The molecular weight excluding hydrogens is 467 g/mol.